The second-order valence-electron chi connectivity index (χ2n) is 2.75. The zero-order valence-electron chi connectivity index (χ0n) is 6.94. The van der Waals surface area contributed by atoms with Crippen LogP contribution in [0.15, 0.2) is 12.1 Å². The highest BCUT2D eigenvalue weighted by Gasteiger charge is 2.20. The van der Waals surface area contributed by atoms with Crippen molar-refractivity contribution in [1.82, 2.24) is 0 Å². The Morgan fingerprint density at radius 3 is 2.62 bits per heavy atom. The van der Waals surface area contributed by atoms with Crippen LogP contribution in [0.5, 0.6) is 11.5 Å². The minimum Gasteiger partial charge on any atom is -0.454 e. The maximum atomic E-state index is 10.5. The fourth-order valence-electron chi connectivity index (χ4n) is 1.23. The van der Waals surface area contributed by atoms with E-state index in [2.05, 4.69) is 0 Å². The van der Waals surface area contributed by atoms with Crippen LogP contribution in [0.1, 0.15) is 5.56 Å². The van der Waals surface area contributed by atoms with Crippen LogP contribution in [-0.2, 0) is 0 Å². The molecule has 1 aromatic rings. The summed E-state index contributed by atoms with van der Waals surface area (Å²) in [5.74, 6) is 1.01. The largest absolute Gasteiger partial charge is 0.454 e. The van der Waals surface area contributed by atoms with Gasteiger partial charge in [0, 0.05) is 5.56 Å². The molecule has 0 saturated heterocycles. The summed E-state index contributed by atoms with van der Waals surface area (Å²) in [7, 11) is 0. The van der Waals surface area contributed by atoms with Gasteiger partial charge in [-0.1, -0.05) is 0 Å². The molecule has 0 atom stereocenters. The summed E-state index contributed by atoms with van der Waals surface area (Å²) in [5.41, 5.74) is 0.638. The Kier molecular flexibility index (Phi) is 1.58. The number of fused-ring (bicyclic) bond motifs is 1. The van der Waals surface area contributed by atoms with Crippen LogP contribution in [0.25, 0.3) is 0 Å². The lowest BCUT2D eigenvalue weighted by atomic mass is 10.2. The molecular weight excluding hydrogens is 174 g/mol. The van der Waals surface area contributed by atoms with Gasteiger partial charge in [0.15, 0.2) is 11.5 Å². The third kappa shape index (κ3) is 1.18. The average molecular weight is 181 g/mol. The molecule has 0 saturated carbocycles. The SMILES string of the molecule is Cc1cc2c(cc1[N+](=O)[O-])OCO2. The predicted molar refractivity (Wildman–Crippen MR) is 44.0 cm³/mol. The van der Waals surface area contributed by atoms with E-state index in [9.17, 15) is 10.1 Å². The molecule has 1 aliphatic rings. The summed E-state index contributed by atoms with van der Waals surface area (Å²) in [5, 5.41) is 10.5. The van der Waals surface area contributed by atoms with Gasteiger partial charge in [0.1, 0.15) is 0 Å². The van der Waals surface area contributed by atoms with Gasteiger partial charge >= 0.3 is 0 Å². The number of aryl methyl sites for hydroxylation is 1. The number of benzene rings is 1. The smallest absolute Gasteiger partial charge is 0.276 e. The van der Waals surface area contributed by atoms with Crippen molar-refractivity contribution in [2.75, 3.05) is 6.79 Å². The van der Waals surface area contributed by atoms with E-state index in [1.807, 2.05) is 0 Å². The van der Waals surface area contributed by atoms with E-state index in [1.54, 1.807) is 13.0 Å². The number of hydrogen-bond acceptors (Lipinski definition) is 4. The first-order valence-electron chi connectivity index (χ1n) is 3.73. The maximum Gasteiger partial charge on any atom is 0.276 e. The summed E-state index contributed by atoms with van der Waals surface area (Å²) >= 11 is 0. The molecule has 5 nitrogen and oxygen atoms in total. The van der Waals surface area contributed by atoms with Crippen molar-refractivity contribution < 1.29 is 14.4 Å². The molecule has 0 spiro atoms. The quantitative estimate of drug-likeness (QED) is 0.488. The summed E-state index contributed by atoms with van der Waals surface area (Å²) in [4.78, 5) is 10.1. The number of nitro groups is 1. The van der Waals surface area contributed by atoms with Crippen LogP contribution in [0.4, 0.5) is 5.69 Å². The monoisotopic (exact) mass is 181 g/mol. The predicted octanol–water partition coefficient (Wildman–Crippen LogP) is 1.63. The molecule has 1 aromatic carbocycles. The van der Waals surface area contributed by atoms with Crippen molar-refractivity contribution in [2.45, 2.75) is 6.92 Å². The fraction of sp³-hybridized carbons (Fsp3) is 0.250. The Hall–Kier alpha value is -1.78. The normalized spacial score (nSPS) is 13.0. The van der Waals surface area contributed by atoms with E-state index in [4.69, 9.17) is 9.47 Å². The highest BCUT2D eigenvalue weighted by atomic mass is 16.7. The van der Waals surface area contributed by atoms with Crippen LogP contribution < -0.4 is 9.47 Å². The third-order valence-corrected chi connectivity index (χ3v) is 1.89. The molecule has 0 radical (unpaired) electrons. The number of hydrogen-bond donors (Lipinski definition) is 0. The zero-order chi connectivity index (χ0) is 9.42. The van der Waals surface area contributed by atoms with E-state index in [0.717, 1.165) is 0 Å². The maximum absolute atomic E-state index is 10.5. The Labute approximate surface area is 74.0 Å². The molecule has 2 rings (SSSR count). The molecule has 68 valence electrons. The van der Waals surface area contributed by atoms with Gasteiger partial charge in [0.2, 0.25) is 6.79 Å². The first-order valence-corrected chi connectivity index (χ1v) is 3.73. The van der Waals surface area contributed by atoms with Gasteiger partial charge in [0.25, 0.3) is 5.69 Å². The molecule has 0 bridgehead atoms. The van der Waals surface area contributed by atoms with Gasteiger partial charge in [-0.05, 0) is 13.0 Å². The van der Waals surface area contributed by atoms with Crippen molar-refractivity contribution in [2.24, 2.45) is 0 Å². The van der Waals surface area contributed by atoms with E-state index in [-0.39, 0.29) is 12.5 Å². The van der Waals surface area contributed by atoms with Crippen LogP contribution in [-0.4, -0.2) is 11.7 Å². The fourth-order valence-corrected chi connectivity index (χ4v) is 1.23. The lowest BCUT2D eigenvalue weighted by molar-refractivity contribution is -0.385. The molecule has 0 aromatic heterocycles. The third-order valence-electron chi connectivity index (χ3n) is 1.89. The molecule has 0 amide bonds. The summed E-state index contributed by atoms with van der Waals surface area (Å²) in [6, 6.07) is 3.00. The highest BCUT2D eigenvalue weighted by Crippen LogP contribution is 2.37. The Balaban J connectivity index is 2.55. The van der Waals surface area contributed by atoms with Crippen molar-refractivity contribution >= 4 is 5.69 Å². The summed E-state index contributed by atoms with van der Waals surface area (Å²) in [6.45, 7) is 1.80. The van der Waals surface area contributed by atoms with Gasteiger partial charge in [-0.3, -0.25) is 10.1 Å². The topological polar surface area (TPSA) is 61.6 Å². The number of nitrogens with zero attached hydrogens (tertiary/aromatic N) is 1. The molecule has 0 fully saturated rings. The Bertz CT molecular complexity index is 375. The number of rotatable bonds is 1. The standard InChI is InChI=1S/C8H7NO4/c1-5-2-7-8(13-4-12-7)3-6(5)9(10)11/h2-3H,4H2,1H3. The van der Waals surface area contributed by atoms with Gasteiger partial charge in [-0.25, -0.2) is 0 Å². The molecular formula is C8H7NO4. The van der Waals surface area contributed by atoms with Crippen LogP contribution >= 0.6 is 0 Å². The van der Waals surface area contributed by atoms with Gasteiger partial charge in [0.05, 0.1) is 11.0 Å². The van der Waals surface area contributed by atoms with E-state index in [0.29, 0.717) is 17.1 Å². The van der Waals surface area contributed by atoms with E-state index < -0.39 is 4.92 Å². The van der Waals surface area contributed by atoms with Crippen LogP contribution in [0, 0.1) is 17.0 Å². The molecule has 1 heterocycles. The second kappa shape index (κ2) is 2.62. The molecule has 1 aliphatic heterocycles. The zero-order valence-corrected chi connectivity index (χ0v) is 6.94. The van der Waals surface area contributed by atoms with Gasteiger partial charge in [-0.2, -0.15) is 0 Å². The molecule has 13 heavy (non-hydrogen) atoms. The highest BCUT2D eigenvalue weighted by molar-refractivity contribution is 5.54. The lowest BCUT2D eigenvalue weighted by Crippen LogP contribution is -1.93. The molecule has 5 heteroatoms. The first kappa shape index (κ1) is 7.85. The van der Waals surface area contributed by atoms with Crippen molar-refractivity contribution in [1.29, 1.82) is 0 Å². The number of nitro benzene ring substituents is 1. The Morgan fingerprint density at radius 2 is 2.00 bits per heavy atom. The minimum atomic E-state index is -0.433. The van der Waals surface area contributed by atoms with Gasteiger partial charge < -0.3 is 9.47 Å². The first-order chi connectivity index (χ1) is 6.18. The Morgan fingerprint density at radius 1 is 1.38 bits per heavy atom. The van der Waals surface area contributed by atoms with E-state index >= 15 is 0 Å². The second-order valence-corrected chi connectivity index (χ2v) is 2.75. The van der Waals surface area contributed by atoms with Crippen LogP contribution in [0.3, 0.4) is 0 Å². The van der Waals surface area contributed by atoms with Crippen molar-refractivity contribution in [3.05, 3.63) is 27.8 Å². The molecule has 0 aliphatic carbocycles. The summed E-state index contributed by atoms with van der Waals surface area (Å²) in [6.07, 6.45) is 0. The molecule has 0 N–H and O–H groups in total. The van der Waals surface area contributed by atoms with Crippen molar-refractivity contribution in [3.8, 4) is 11.5 Å². The van der Waals surface area contributed by atoms with Gasteiger partial charge in [-0.15, -0.1) is 0 Å². The van der Waals surface area contributed by atoms with Crippen molar-refractivity contribution in [3.63, 3.8) is 0 Å². The lowest BCUT2D eigenvalue weighted by Gasteiger charge is -1.98. The number of ether oxygens (including phenoxy) is 2. The molecule has 0 unspecified atom stereocenters. The van der Waals surface area contributed by atoms with E-state index in [1.165, 1.54) is 6.07 Å². The van der Waals surface area contributed by atoms with Crippen LogP contribution in [0.2, 0.25) is 0 Å². The summed E-state index contributed by atoms with van der Waals surface area (Å²) < 4.78 is 10.1. The average Bonchev–Trinajstić information content (AvgIpc) is 2.48. The minimum absolute atomic E-state index is 0.0595.